The average Bonchev–Trinajstić information content (AvgIpc) is 2.70. The Kier molecular flexibility index (Phi) is 2.93. The zero-order chi connectivity index (χ0) is 14.2. The molecule has 0 fully saturated rings. The minimum Gasteiger partial charge on any atom is -0.870 e. The second-order valence-electron chi connectivity index (χ2n) is 3.61. The number of para-hydroxylation sites is 1. The third-order valence-corrected chi connectivity index (χ3v) is 2.34. The number of hydrogen-bond acceptors (Lipinski definition) is 3. The van der Waals surface area contributed by atoms with Crippen LogP contribution in [0, 0.1) is 0 Å². The van der Waals surface area contributed by atoms with Crippen molar-refractivity contribution < 1.29 is 28.2 Å². The van der Waals surface area contributed by atoms with Crippen LogP contribution >= 0.6 is 0 Å². The van der Waals surface area contributed by atoms with E-state index in [4.69, 9.17) is 5.11 Å². The maximum atomic E-state index is 12.8. The Bertz CT molecular complexity index is 634. The van der Waals surface area contributed by atoms with Crippen LogP contribution < -0.4 is 5.11 Å². The predicted octanol–water partition coefficient (Wildman–Crippen LogP) is 1.66. The summed E-state index contributed by atoms with van der Waals surface area (Å²) in [5.74, 6) is -2.54. The SMILES string of the molecule is O=C(O)c1nn(-c2ccccc2C(F)(F)F)cc1[O-]. The molecule has 1 aromatic carbocycles. The summed E-state index contributed by atoms with van der Waals surface area (Å²) in [6.07, 6.45) is -3.93. The van der Waals surface area contributed by atoms with E-state index < -0.39 is 34.8 Å². The molecule has 0 atom stereocenters. The first-order chi connectivity index (χ1) is 8.80. The summed E-state index contributed by atoms with van der Waals surface area (Å²) in [5, 5.41) is 23.3. The number of alkyl halides is 3. The molecule has 0 aliphatic rings. The summed E-state index contributed by atoms with van der Waals surface area (Å²) in [6.45, 7) is 0. The van der Waals surface area contributed by atoms with Gasteiger partial charge in [0.1, 0.15) is 0 Å². The van der Waals surface area contributed by atoms with Crippen LogP contribution in [0.4, 0.5) is 13.2 Å². The molecular weight excluding hydrogens is 265 g/mol. The molecule has 100 valence electrons. The highest BCUT2D eigenvalue weighted by Crippen LogP contribution is 2.33. The number of carboxylic acid groups (broad SMARTS) is 1. The first kappa shape index (κ1) is 12.9. The maximum absolute atomic E-state index is 12.8. The van der Waals surface area contributed by atoms with Crippen molar-refractivity contribution in [2.45, 2.75) is 6.18 Å². The average molecular weight is 271 g/mol. The monoisotopic (exact) mass is 271 g/mol. The Morgan fingerprint density at radius 2 is 1.95 bits per heavy atom. The Balaban J connectivity index is 2.60. The van der Waals surface area contributed by atoms with Crippen molar-refractivity contribution in [3.05, 3.63) is 41.7 Å². The molecule has 1 aromatic heterocycles. The van der Waals surface area contributed by atoms with Gasteiger partial charge in [0.25, 0.3) is 0 Å². The van der Waals surface area contributed by atoms with Crippen LogP contribution in [0.3, 0.4) is 0 Å². The van der Waals surface area contributed by atoms with Crippen molar-refractivity contribution in [2.75, 3.05) is 0 Å². The smallest absolute Gasteiger partial charge is 0.418 e. The molecule has 0 saturated carbocycles. The first-order valence-electron chi connectivity index (χ1n) is 4.97. The number of carbonyl (C=O) groups is 1. The molecule has 0 amide bonds. The highest BCUT2D eigenvalue weighted by Gasteiger charge is 2.34. The molecule has 5 nitrogen and oxygen atoms in total. The number of aromatic nitrogens is 2. The zero-order valence-corrected chi connectivity index (χ0v) is 9.18. The lowest BCUT2D eigenvalue weighted by molar-refractivity contribution is -0.268. The van der Waals surface area contributed by atoms with Gasteiger partial charge < -0.3 is 10.2 Å². The molecule has 8 heteroatoms. The lowest BCUT2D eigenvalue weighted by Gasteiger charge is -2.12. The zero-order valence-electron chi connectivity index (χ0n) is 9.18. The van der Waals surface area contributed by atoms with Crippen molar-refractivity contribution in [1.29, 1.82) is 0 Å². The van der Waals surface area contributed by atoms with E-state index in [9.17, 15) is 23.1 Å². The van der Waals surface area contributed by atoms with Crippen LogP contribution in [0.5, 0.6) is 5.75 Å². The lowest BCUT2D eigenvalue weighted by Crippen LogP contribution is -2.11. The van der Waals surface area contributed by atoms with Crippen LogP contribution in [-0.2, 0) is 6.18 Å². The third kappa shape index (κ3) is 2.37. The number of benzene rings is 1. The van der Waals surface area contributed by atoms with Gasteiger partial charge in [0.15, 0.2) is 5.69 Å². The van der Waals surface area contributed by atoms with E-state index in [0.29, 0.717) is 10.9 Å². The number of hydrogen-bond donors (Lipinski definition) is 1. The summed E-state index contributed by atoms with van der Waals surface area (Å²) < 4.78 is 38.9. The minimum absolute atomic E-state index is 0.403. The molecule has 0 aliphatic carbocycles. The van der Waals surface area contributed by atoms with Crippen molar-refractivity contribution in [3.8, 4) is 11.4 Å². The third-order valence-electron chi connectivity index (χ3n) is 2.34. The molecule has 1 N–H and O–H groups in total. The van der Waals surface area contributed by atoms with E-state index in [1.54, 1.807) is 0 Å². The predicted molar refractivity (Wildman–Crippen MR) is 55.0 cm³/mol. The van der Waals surface area contributed by atoms with Gasteiger partial charge in [-0.15, -0.1) is 0 Å². The molecule has 1 heterocycles. The summed E-state index contributed by atoms with van der Waals surface area (Å²) in [5.41, 5.74) is -2.23. The van der Waals surface area contributed by atoms with Gasteiger partial charge in [-0.1, -0.05) is 17.9 Å². The van der Waals surface area contributed by atoms with Gasteiger partial charge in [0.2, 0.25) is 0 Å². The Labute approximate surface area is 104 Å². The summed E-state index contributed by atoms with van der Waals surface area (Å²) in [4.78, 5) is 10.7. The van der Waals surface area contributed by atoms with Gasteiger partial charge in [-0.25, -0.2) is 9.48 Å². The van der Waals surface area contributed by atoms with Crippen molar-refractivity contribution in [3.63, 3.8) is 0 Å². The molecule has 0 spiro atoms. The van der Waals surface area contributed by atoms with E-state index in [-0.39, 0.29) is 0 Å². The van der Waals surface area contributed by atoms with E-state index in [1.807, 2.05) is 0 Å². The molecule has 0 aliphatic heterocycles. The second-order valence-corrected chi connectivity index (χ2v) is 3.61. The van der Waals surface area contributed by atoms with E-state index in [1.165, 1.54) is 12.1 Å². The highest BCUT2D eigenvalue weighted by atomic mass is 19.4. The summed E-state index contributed by atoms with van der Waals surface area (Å²) >= 11 is 0. The van der Waals surface area contributed by atoms with Crippen LogP contribution in [-0.4, -0.2) is 20.9 Å². The van der Waals surface area contributed by atoms with Crippen LogP contribution in [0.25, 0.3) is 5.69 Å². The molecule has 0 radical (unpaired) electrons. The minimum atomic E-state index is -4.63. The van der Waals surface area contributed by atoms with Crippen LogP contribution in [0.1, 0.15) is 16.1 Å². The number of halogens is 3. The van der Waals surface area contributed by atoms with Crippen LogP contribution in [0.15, 0.2) is 30.5 Å². The Morgan fingerprint density at radius 1 is 1.32 bits per heavy atom. The fourth-order valence-electron chi connectivity index (χ4n) is 1.54. The Morgan fingerprint density at radius 3 is 2.47 bits per heavy atom. The van der Waals surface area contributed by atoms with Gasteiger partial charge in [-0.3, -0.25) is 0 Å². The molecule has 2 rings (SSSR count). The second kappa shape index (κ2) is 4.30. The fraction of sp³-hybridized carbons (Fsp3) is 0.0909. The highest BCUT2D eigenvalue weighted by molar-refractivity contribution is 5.88. The lowest BCUT2D eigenvalue weighted by atomic mass is 10.2. The number of nitrogens with zero attached hydrogens (tertiary/aromatic N) is 2. The molecule has 2 aromatic rings. The molecule has 0 bridgehead atoms. The van der Waals surface area contributed by atoms with E-state index >= 15 is 0 Å². The summed E-state index contributed by atoms with van der Waals surface area (Å²) in [6, 6.07) is 4.44. The van der Waals surface area contributed by atoms with Gasteiger partial charge in [0, 0.05) is 6.20 Å². The fourth-order valence-corrected chi connectivity index (χ4v) is 1.54. The largest absolute Gasteiger partial charge is 0.870 e. The quantitative estimate of drug-likeness (QED) is 0.901. The topological polar surface area (TPSA) is 78.2 Å². The first-order valence-corrected chi connectivity index (χ1v) is 4.97. The number of aromatic carboxylic acids is 1. The molecule has 0 unspecified atom stereocenters. The van der Waals surface area contributed by atoms with E-state index in [0.717, 1.165) is 12.1 Å². The normalized spacial score (nSPS) is 11.5. The molecule has 0 saturated heterocycles. The van der Waals surface area contributed by atoms with Gasteiger partial charge >= 0.3 is 12.1 Å². The van der Waals surface area contributed by atoms with Crippen molar-refractivity contribution in [2.24, 2.45) is 0 Å². The standard InChI is InChI=1S/C11H7F3N2O3/c12-11(13,14)6-3-1-2-4-7(6)16-5-8(17)9(15-16)10(18)19/h1-5,17H,(H,18,19)/p-1. The van der Waals surface area contributed by atoms with Crippen LogP contribution in [0.2, 0.25) is 0 Å². The van der Waals surface area contributed by atoms with Gasteiger partial charge in [0.05, 0.1) is 11.3 Å². The summed E-state index contributed by atoms with van der Waals surface area (Å²) in [7, 11) is 0. The van der Waals surface area contributed by atoms with Gasteiger partial charge in [-0.2, -0.15) is 18.3 Å². The van der Waals surface area contributed by atoms with Crippen molar-refractivity contribution >= 4 is 5.97 Å². The number of carboxylic acids is 1. The Hall–Kier alpha value is -2.51. The van der Waals surface area contributed by atoms with Crippen molar-refractivity contribution in [1.82, 2.24) is 9.78 Å². The maximum Gasteiger partial charge on any atom is 0.418 e. The van der Waals surface area contributed by atoms with Gasteiger partial charge in [-0.05, 0) is 12.1 Å². The molecular formula is C11H6F3N2O3-. The number of rotatable bonds is 2. The molecule has 19 heavy (non-hydrogen) atoms. The van der Waals surface area contributed by atoms with E-state index in [2.05, 4.69) is 5.10 Å².